The number of hydrogen-bond acceptors (Lipinski definition) is 2. The Balaban J connectivity index is 1.58. The summed E-state index contributed by atoms with van der Waals surface area (Å²) in [5, 5.41) is 0. The summed E-state index contributed by atoms with van der Waals surface area (Å²) in [4.78, 5) is 15.4. The number of rotatable bonds is 6. The standard InChI is InChI=1S/C27H26FNO2/c1-2-20(18-28)19-31-24-14-12-23(13-15-24)27(30)29-17-16-21-8-6-7-11-25(21)26(29)22-9-4-3-5-10-22/h3-15,18,26H,2,16-17,19H2,1H3/t26-/m0/s1. The fraction of sp³-hybridized carbons (Fsp3) is 0.222. The molecule has 0 aliphatic carbocycles. The Morgan fingerprint density at radius 1 is 1.03 bits per heavy atom. The second-order valence-electron chi connectivity index (χ2n) is 7.69. The first kappa shape index (κ1) is 20.9. The smallest absolute Gasteiger partial charge is 0.254 e. The number of hydrogen-bond donors (Lipinski definition) is 0. The molecular weight excluding hydrogens is 389 g/mol. The van der Waals surface area contributed by atoms with E-state index < -0.39 is 0 Å². The molecule has 0 saturated carbocycles. The maximum atomic E-state index is 13.5. The van der Waals surface area contributed by atoms with Crippen molar-refractivity contribution in [3.05, 3.63) is 113 Å². The van der Waals surface area contributed by atoms with Gasteiger partial charge in [-0.3, -0.25) is 4.79 Å². The van der Waals surface area contributed by atoms with Crippen molar-refractivity contribution in [2.24, 2.45) is 0 Å². The van der Waals surface area contributed by atoms with Crippen molar-refractivity contribution in [2.75, 3.05) is 13.2 Å². The Hall–Kier alpha value is -3.40. The Labute approximate surface area is 182 Å². The number of halogens is 1. The highest BCUT2D eigenvalue weighted by molar-refractivity contribution is 5.95. The molecule has 0 unspecified atom stereocenters. The van der Waals surface area contributed by atoms with Gasteiger partial charge in [-0.1, -0.05) is 61.5 Å². The maximum Gasteiger partial charge on any atom is 0.254 e. The van der Waals surface area contributed by atoms with Crippen LogP contribution in [0.5, 0.6) is 5.75 Å². The van der Waals surface area contributed by atoms with E-state index in [9.17, 15) is 9.18 Å². The molecule has 1 aliphatic rings. The van der Waals surface area contributed by atoms with Crippen LogP contribution in [0.2, 0.25) is 0 Å². The first-order valence-electron chi connectivity index (χ1n) is 10.7. The highest BCUT2D eigenvalue weighted by Crippen LogP contribution is 2.36. The van der Waals surface area contributed by atoms with Crippen molar-refractivity contribution >= 4 is 5.91 Å². The molecule has 4 heteroatoms. The summed E-state index contributed by atoms with van der Waals surface area (Å²) in [5.41, 5.74) is 4.78. The molecule has 3 aromatic carbocycles. The summed E-state index contributed by atoms with van der Waals surface area (Å²) >= 11 is 0. The molecule has 0 spiro atoms. The fourth-order valence-corrected chi connectivity index (χ4v) is 4.03. The van der Waals surface area contributed by atoms with Crippen LogP contribution in [0.25, 0.3) is 0 Å². The molecule has 1 aliphatic heterocycles. The van der Waals surface area contributed by atoms with Crippen LogP contribution in [0.4, 0.5) is 4.39 Å². The minimum absolute atomic E-state index is 0.00666. The highest BCUT2D eigenvalue weighted by atomic mass is 19.1. The van der Waals surface area contributed by atoms with Gasteiger partial charge in [0.1, 0.15) is 12.4 Å². The van der Waals surface area contributed by atoms with Crippen molar-refractivity contribution in [1.82, 2.24) is 4.90 Å². The predicted octanol–water partition coefficient (Wildman–Crippen LogP) is 6.12. The van der Waals surface area contributed by atoms with Crippen LogP contribution in [-0.2, 0) is 6.42 Å². The SMILES string of the molecule is CCC(=CF)COc1ccc(C(=O)N2CCc3ccccc3[C@@H]2c2ccccc2)cc1. The van der Waals surface area contributed by atoms with Gasteiger partial charge in [-0.05, 0) is 59.4 Å². The quantitative estimate of drug-likeness (QED) is 0.486. The molecule has 1 amide bonds. The third-order valence-corrected chi connectivity index (χ3v) is 5.79. The molecule has 4 rings (SSSR count). The Kier molecular flexibility index (Phi) is 6.46. The number of benzene rings is 3. The van der Waals surface area contributed by atoms with Crippen molar-refractivity contribution in [2.45, 2.75) is 25.8 Å². The number of nitrogens with zero attached hydrogens (tertiary/aromatic N) is 1. The molecule has 0 fully saturated rings. The zero-order valence-electron chi connectivity index (χ0n) is 17.6. The van der Waals surface area contributed by atoms with Crippen LogP contribution < -0.4 is 4.74 Å². The summed E-state index contributed by atoms with van der Waals surface area (Å²) < 4.78 is 18.4. The monoisotopic (exact) mass is 415 g/mol. The average molecular weight is 416 g/mol. The number of amides is 1. The topological polar surface area (TPSA) is 29.5 Å². The van der Waals surface area contributed by atoms with Crippen molar-refractivity contribution in [1.29, 1.82) is 0 Å². The fourth-order valence-electron chi connectivity index (χ4n) is 4.03. The van der Waals surface area contributed by atoms with E-state index in [0.29, 0.717) is 36.2 Å². The lowest BCUT2D eigenvalue weighted by Gasteiger charge is -2.38. The van der Waals surface area contributed by atoms with Crippen LogP contribution in [0.3, 0.4) is 0 Å². The van der Waals surface area contributed by atoms with Gasteiger partial charge < -0.3 is 9.64 Å². The van der Waals surface area contributed by atoms with Crippen LogP contribution in [0.15, 0.2) is 90.8 Å². The molecule has 1 atom stereocenters. The lowest BCUT2D eigenvalue weighted by atomic mass is 9.88. The summed E-state index contributed by atoms with van der Waals surface area (Å²) in [6, 6.07) is 25.5. The molecule has 31 heavy (non-hydrogen) atoms. The van der Waals surface area contributed by atoms with Crippen LogP contribution in [0, 0.1) is 0 Å². The Morgan fingerprint density at radius 3 is 2.45 bits per heavy atom. The van der Waals surface area contributed by atoms with E-state index in [4.69, 9.17) is 4.74 Å². The first-order chi connectivity index (χ1) is 15.2. The largest absolute Gasteiger partial charge is 0.489 e. The average Bonchev–Trinajstić information content (AvgIpc) is 2.84. The van der Waals surface area contributed by atoms with Gasteiger partial charge in [0.25, 0.3) is 5.91 Å². The minimum Gasteiger partial charge on any atom is -0.489 e. The Bertz CT molecular complexity index is 1060. The highest BCUT2D eigenvalue weighted by Gasteiger charge is 2.32. The van der Waals surface area contributed by atoms with Crippen molar-refractivity contribution in [3.63, 3.8) is 0 Å². The lowest BCUT2D eigenvalue weighted by molar-refractivity contribution is 0.0694. The van der Waals surface area contributed by atoms with Gasteiger partial charge in [0.15, 0.2) is 0 Å². The molecule has 0 aromatic heterocycles. The molecule has 158 valence electrons. The van der Waals surface area contributed by atoms with E-state index in [1.54, 1.807) is 24.3 Å². The Morgan fingerprint density at radius 2 is 1.74 bits per heavy atom. The van der Waals surface area contributed by atoms with Crippen molar-refractivity contribution < 1.29 is 13.9 Å². The van der Waals surface area contributed by atoms with Crippen LogP contribution in [0.1, 0.15) is 46.4 Å². The number of fused-ring (bicyclic) bond motifs is 1. The predicted molar refractivity (Wildman–Crippen MR) is 121 cm³/mol. The van der Waals surface area contributed by atoms with Gasteiger partial charge in [0.05, 0.1) is 12.4 Å². The summed E-state index contributed by atoms with van der Waals surface area (Å²) in [5.74, 6) is 0.612. The van der Waals surface area contributed by atoms with E-state index in [0.717, 1.165) is 12.0 Å². The summed E-state index contributed by atoms with van der Waals surface area (Å²) in [6.07, 6.45) is 2.03. The maximum absolute atomic E-state index is 13.5. The van der Waals surface area contributed by atoms with E-state index in [-0.39, 0.29) is 18.6 Å². The zero-order valence-corrected chi connectivity index (χ0v) is 17.6. The van der Waals surface area contributed by atoms with E-state index in [2.05, 4.69) is 30.3 Å². The molecule has 0 radical (unpaired) electrons. The van der Waals surface area contributed by atoms with Gasteiger partial charge in [-0.15, -0.1) is 0 Å². The lowest BCUT2D eigenvalue weighted by Crippen LogP contribution is -2.40. The summed E-state index contributed by atoms with van der Waals surface area (Å²) in [7, 11) is 0. The second-order valence-corrected chi connectivity index (χ2v) is 7.69. The van der Waals surface area contributed by atoms with Crippen LogP contribution >= 0.6 is 0 Å². The van der Waals surface area contributed by atoms with Gasteiger partial charge in [0, 0.05) is 12.1 Å². The zero-order chi connectivity index (χ0) is 21.6. The van der Waals surface area contributed by atoms with E-state index in [1.807, 2.05) is 36.1 Å². The molecule has 0 saturated heterocycles. The molecule has 3 nitrogen and oxygen atoms in total. The minimum atomic E-state index is -0.114. The summed E-state index contributed by atoms with van der Waals surface area (Å²) in [6.45, 7) is 2.75. The third kappa shape index (κ3) is 4.53. The van der Waals surface area contributed by atoms with Gasteiger partial charge in [0.2, 0.25) is 0 Å². The number of carbonyl (C=O) groups is 1. The van der Waals surface area contributed by atoms with Crippen molar-refractivity contribution in [3.8, 4) is 5.75 Å². The third-order valence-electron chi connectivity index (χ3n) is 5.79. The number of ether oxygens (including phenoxy) is 1. The second kappa shape index (κ2) is 9.61. The first-order valence-corrected chi connectivity index (χ1v) is 10.7. The molecule has 0 N–H and O–H groups in total. The molecular formula is C27H26FNO2. The molecule has 1 heterocycles. The van der Waals surface area contributed by atoms with Gasteiger partial charge >= 0.3 is 0 Å². The number of carbonyl (C=O) groups excluding carboxylic acids is 1. The normalized spacial score (nSPS) is 16.0. The molecule has 3 aromatic rings. The molecule has 0 bridgehead atoms. The van der Waals surface area contributed by atoms with E-state index >= 15 is 0 Å². The van der Waals surface area contributed by atoms with Gasteiger partial charge in [-0.2, -0.15) is 0 Å². The van der Waals surface area contributed by atoms with Gasteiger partial charge in [-0.25, -0.2) is 4.39 Å². The van der Waals surface area contributed by atoms with E-state index in [1.165, 1.54) is 11.1 Å². The van der Waals surface area contributed by atoms with Crippen LogP contribution in [-0.4, -0.2) is 24.0 Å².